The molecular formula is C10H11ClN4O2S. The van der Waals surface area contributed by atoms with Crippen LogP contribution in [0.1, 0.15) is 5.69 Å². The minimum Gasteiger partial charge on any atom is -0.324 e. The van der Waals surface area contributed by atoms with Gasteiger partial charge < -0.3 is 4.57 Å². The normalized spacial score (nSPS) is 11.7. The van der Waals surface area contributed by atoms with Crippen molar-refractivity contribution in [3.63, 3.8) is 0 Å². The van der Waals surface area contributed by atoms with Crippen molar-refractivity contribution in [2.45, 2.75) is 11.6 Å². The lowest BCUT2D eigenvalue weighted by Crippen LogP contribution is -2.24. The summed E-state index contributed by atoms with van der Waals surface area (Å²) in [5.74, 6) is 0. The van der Waals surface area contributed by atoms with Gasteiger partial charge in [-0.15, -0.1) is 0 Å². The summed E-state index contributed by atoms with van der Waals surface area (Å²) < 4.78 is 27.7. The predicted molar refractivity (Wildman–Crippen MR) is 66.5 cm³/mol. The number of halogens is 1. The summed E-state index contributed by atoms with van der Waals surface area (Å²) in [7, 11) is -2.10. The van der Waals surface area contributed by atoms with Gasteiger partial charge in [-0.3, -0.25) is 4.98 Å². The molecule has 0 aliphatic heterocycles. The minimum absolute atomic E-state index is 0.0727. The van der Waals surface area contributed by atoms with E-state index in [0.29, 0.717) is 5.69 Å². The summed E-state index contributed by atoms with van der Waals surface area (Å²) in [6.07, 6.45) is 2.94. The van der Waals surface area contributed by atoms with Crippen LogP contribution >= 0.6 is 11.6 Å². The van der Waals surface area contributed by atoms with E-state index in [0.717, 1.165) is 0 Å². The van der Waals surface area contributed by atoms with E-state index in [4.69, 9.17) is 11.6 Å². The maximum atomic E-state index is 11.9. The fourth-order valence-corrected chi connectivity index (χ4v) is 2.74. The highest BCUT2D eigenvalue weighted by atomic mass is 35.5. The summed E-state index contributed by atoms with van der Waals surface area (Å²) >= 11 is 5.84. The zero-order valence-electron chi connectivity index (χ0n) is 9.54. The molecule has 6 nitrogen and oxygen atoms in total. The molecule has 0 saturated heterocycles. The van der Waals surface area contributed by atoms with Gasteiger partial charge in [-0.05, 0) is 12.1 Å². The average molecular weight is 287 g/mol. The van der Waals surface area contributed by atoms with Crippen LogP contribution in [0, 0.1) is 0 Å². The molecule has 0 aliphatic carbocycles. The fraction of sp³-hybridized carbons (Fsp3) is 0.200. The van der Waals surface area contributed by atoms with Crippen molar-refractivity contribution in [3.05, 3.63) is 41.6 Å². The molecule has 2 heterocycles. The lowest BCUT2D eigenvalue weighted by atomic mass is 10.4. The van der Waals surface area contributed by atoms with Crippen LogP contribution in [0.5, 0.6) is 0 Å². The lowest BCUT2D eigenvalue weighted by molar-refractivity contribution is 0.577. The van der Waals surface area contributed by atoms with E-state index in [1.807, 2.05) is 0 Å². The summed E-state index contributed by atoms with van der Waals surface area (Å²) in [6, 6.07) is 5.26. The van der Waals surface area contributed by atoms with Crippen molar-refractivity contribution >= 4 is 21.6 Å². The van der Waals surface area contributed by atoms with E-state index < -0.39 is 10.0 Å². The molecule has 0 amide bonds. The first-order chi connectivity index (χ1) is 8.50. The Morgan fingerprint density at radius 3 is 2.72 bits per heavy atom. The molecule has 2 aromatic rings. The molecule has 0 bridgehead atoms. The quantitative estimate of drug-likeness (QED) is 0.908. The molecule has 8 heteroatoms. The van der Waals surface area contributed by atoms with E-state index in [-0.39, 0.29) is 16.7 Å². The third-order valence-corrected chi connectivity index (χ3v) is 4.15. The number of nitrogens with one attached hydrogen (secondary N) is 1. The van der Waals surface area contributed by atoms with Gasteiger partial charge in [0, 0.05) is 13.2 Å². The van der Waals surface area contributed by atoms with E-state index in [1.54, 1.807) is 31.4 Å². The monoisotopic (exact) mass is 286 g/mol. The number of aryl methyl sites for hydroxylation is 1. The topological polar surface area (TPSA) is 76.9 Å². The Balaban J connectivity index is 2.16. The van der Waals surface area contributed by atoms with Crippen LogP contribution in [0.15, 0.2) is 35.7 Å². The SMILES string of the molecule is Cn1cnc(S(=O)(=O)NCc2ccccn2)c1Cl. The number of hydrogen-bond donors (Lipinski definition) is 1. The van der Waals surface area contributed by atoms with Crippen LogP contribution in [0.3, 0.4) is 0 Å². The lowest BCUT2D eigenvalue weighted by Gasteiger charge is -2.04. The first kappa shape index (κ1) is 13.0. The maximum Gasteiger partial charge on any atom is 0.261 e. The van der Waals surface area contributed by atoms with Gasteiger partial charge in [0.2, 0.25) is 5.03 Å². The molecule has 1 N–H and O–H groups in total. The highest BCUT2D eigenvalue weighted by Gasteiger charge is 2.21. The molecule has 0 aliphatic rings. The van der Waals surface area contributed by atoms with Gasteiger partial charge in [0.05, 0.1) is 18.6 Å². The molecule has 0 radical (unpaired) electrons. The number of hydrogen-bond acceptors (Lipinski definition) is 4. The number of sulfonamides is 1. The predicted octanol–water partition coefficient (Wildman–Crippen LogP) is 0.947. The van der Waals surface area contributed by atoms with E-state index >= 15 is 0 Å². The Kier molecular flexibility index (Phi) is 3.65. The van der Waals surface area contributed by atoms with Gasteiger partial charge >= 0.3 is 0 Å². The van der Waals surface area contributed by atoms with Gasteiger partial charge in [-0.2, -0.15) is 0 Å². The van der Waals surface area contributed by atoms with Crippen molar-refractivity contribution in [1.82, 2.24) is 19.3 Å². The second kappa shape index (κ2) is 5.05. The molecule has 0 unspecified atom stereocenters. The molecule has 0 spiro atoms. The highest BCUT2D eigenvalue weighted by molar-refractivity contribution is 7.89. The first-order valence-corrected chi connectivity index (χ1v) is 6.93. The zero-order chi connectivity index (χ0) is 13.2. The third kappa shape index (κ3) is 2.69. The van der Waals surface area contributed by atoms with Gasteiger partial charge in [0.15, 0.2) is 0 Å². The van der Waals surface area contributed by atoms with Crippen LogP contribution in [-0.2, 0) is 23.6 Å². The molecule has 2 rings (SSSR count). The zero-order valence-corrected chi connectivity index (χ0v) is 11.1. The van der Waals surface area contributed by atoms with Gasteiger partial charge in [-0.25, -0.2) is 18.1 Å². The smallest absolute Gasteiger partial charge is 0.261 e. The van der Waals surface area contributed by atoms with Crippen molar-refractivity contribution in [2.75, 3.05) is 0 Å². The maximum absolute atomic E-state index is 11.9. The summed E-state index contributed by atoms with van der Waals surface area (Å²) in [6.45, 7) is 0.0933. The summed E-state index contributed by atoms with van der Waals surface area (Å²) in [5, 5.41) is -0.105. The second-order valence-electron chi connectivity index (χ2n) is 3.60. The Morgan fingerprint density at radius 2 is 2.17 bits per heavy atom. The largest absolute Gasteiger partial charge is 0.324 e. The number of rotatable bonds is 4. The van der Waals surface area contributed by atoms with Gasteiger partial charge in [0.25, 0.3) is 10.0 Å². The molecule has 0 saturated carbocycles. The number of nitrogens with zero attached hydrogens (tertiary/aromatic N) is 3. The van der Waals surface area contributed by atoms with Crippen molar-refractivity contribution < 1.29 is 8.42 Å². The van der Waals surface area contributed by atoms with Gasteiger partial charge in [-0.1, -0.05) is 17.7 Å². The van der Waals surface area contributed by atoms with E-state index in [2.05, 4.69) is 14.7 Å². The molecule has 18 heavy (non-hydrogen) atoms. The molecule has 0 fully saturated rings. The van der Waals surface area contributed by atoms with Crippen LogP contribution < -0.4 is 4.72 Å². The Bertz CT molecular complexity index is 639. The van der Waals surface area contributed by atoms with Crippen molar-refractivity contribution in [3.8, 4) is 0 Å². The Labute approximate surface area is 110 Å². The minimum atomic E-state index is -3.72. The van der Waals surface area contributed by atoms with Crippen molar-refractivity contribution in [1.29, 1.82) is 0 Å². The van der Waals surface area contributed by atoms with Gasteiger partial charge in [0.1, 0.15) is 5.15 Å². The molecule has 0 aromatic carbocycles. The Morgan fingerprint density at radius 1 is 1.39 bits per heavy atom. The first-order valence-electron chi connectivity index (χ1n) is 5.07. The Hall–Kier alpha value is -1.44. The average Bonchev–Trinajstić information content (AvgIpc) is 2.70. The van der Waals surface area contributed by atoms with Crippen LogP contribution in [0.4, 0.5) is 0 Å². The summed E-state index contributed by atoms with van der Waals surface area (Å²) in [4.78, 5) is 7.78. The molecular weight excluding hydrogens is 276 g/mol. The van der Waals surface area contributed by atoms with Crippen molar-refractivity contribution in [2.24, 2.45) is 7.05 Å². The van der Waals surface area contributed by atoms with E-state index in [9.17, 15) is 8.42 Å². The second-order valence-corrected chi connectivity index (χ2v) is 5.64. The van der Waals surface area contributed by atoms with Crippen LogP contribution in [0.25, 0.3) is 0 Å². The third-order valence-electron chi connectivity index (χ3n) is 2.26. The van der Waals surface area contributed by atoms with E-state index in [1.165, 1.54) is 10.9 Å². The number of imidazole rings is 1. The number of pyridine rings is 1. The standard InChI is InChI=1S/C10H11ClN4O2S/c1-15-7-13-10(9(15)11)18(16,17)14-6-8-4-2-3-5-12-8/h2-5,7,14H,6H2,1H3. The fourth-order valence-electron chi connectivity index (χ4n) is 1.31. The molecule has 2 aromatic heterocycles. The summed E-state index contributed by atoms with van der Waals surface area (Å²) in [5.41, 5.74) is 0.619. The molecule has 0 atom stereocenters. The number of aromatic nitrogens is 3. The van der Waals surface area contributed by atoms with Crippen LogP contribution in [0.2, 0.25) is 5.15 Å². The highest BCUT2D eigenvalue weighted by Crippen LogP contribution is 2.18. The van der Waals surface area contributed by atoms with Crippen LogP contribution in [-0.4, -0.2) is 23.0 Å². The molecule has 96 valence electrons.